The van der Waals surface area contributed by atoms with Crippen molar-refractivity contribution in [2.75, 3.05) is 27.2 Å². The lowest BCUT2D eigenvalue weighted by molar-refractivity contribution is -0.143. The molecule has 1 amide bonds. The molecule has 0 unspecified atom stereocenters. The number of amides is 1. The molecule has 0 radical (unpaired) electrons. The lowest BCUT2D eigenvalue weighted by Gasteiger charge is -2.18. The third kappa shape index (κ3) is 4.70. The van der Waals surface area contributed by atoms with Crippen LogP contribution in [0.5, 0.6) is 0 Å². The molecule has 2 rings (SSSR count). The van der Waals surface area contributed by atoms with Crippen LogP contribution in [0.4, 0.5) is 17.6 Å². The van der Waals surface area contributed by atoms with Gasteiger partial charge in [-0.15, -0.1) is 12.4 Å². The Morgan fingerprint density at radius 1 is 1.28 bits per heavy atom. The maximum atomic E-state index is 13.5. The third-order valence-corrected chi connectivity index (χ3v) is 3.38. The molecule has 1 heterocycles. The number of benzene rings is 1. The standard InChI is InChI=1S/C15H16F4N4O.ClH/c1-20-7-8-22(2)14(24)12-9-21-23(13(12)15(17,18)19)11-5-3-10(16)4-6-11;/h3-6,9,20H,7-8H2,1-2H3;1H. The maximum absolute atomic E-state index is 13.5. The predicted octanol–water partition coefficient (Wildman–Crippen LogP) is 2.74. The highest BCUT2D eigenvalue weighted by atomic mass is 35.5. The molecule has 0 fully saturated rings. The monoisotopic (exact) mass is 380 g/mol. The topological polar surface area (TPSA) is 50.2 Å². The Bertz CT molecular complexity index is 715. The molecule has 0 aliphatic rings. The van der Waals surface area contributed by atoms with Crippen molar-refractivity contribution < 1.29 is 22.4 Å². The molecule has 10 heteroatoms. The van der Waals surface area contributed by atoms with Crippen molar-refractivity contribution in [3.05, 3.63) is 47.5 Å². The van der Waals surface area contributed by atoms with Crippen LogP contribution >= 0.6 is 12.4 Å². The molecular weight excluding hydrogens is 364 g/mol. The van der Waals surface area contributed by atoms with Crippen LogP contribution in [0, 0.1) is 5.82 Å². The minimum atomic E-state index is -4.79. The van der Waals surface area contributed by atoms with Crippen LogP contribution in [0.25, 0.3) is 5.69 Å². The average molecular weight is 381 g/mol. The molecule has 0 aliphatic carbocycles. The van der Waals surface area contributed by atoms with Gasteiger partial charge in [0.25, 0.3) is 5.91 Å². The normalized spacial score (nSPS) is 11.1. The summed E-state index contributed by atoms with van der Waals surface area (Å²) in [4.78, 5) is 13.5. The molecule has 1 N–H and O–H groups in total. The van der Waals surface area contributed by atoms with Crippen LogP contribution in [-0.4, -0.2) is 47.8 Å². The van der Waals surface area contributed by atoms with E-state index in [0.29, 0.717) is 11.2 Å². The number of halogens is 5. The summed E-state index contributed by atoms with van der Waals surface area (Å²) in [5.74, 6) is -1.37. The van der Waals surface area contributed by atoms with Gasteiger partial charge in [0.15, 0.2) is 5.69 Å². The fourth-order valence-corrected chi connectivity index (χ4v) is 2.14. The van der Waals surface area contributed by atoms with Crippen molar-refractivity contribution in [3.63, 3.8) is 0 Å². The Morgan fingerprint density at radius 2 is 1.88 bits per heavy atom. The molecule has 25 heavy (non-hydrogen) atoms. The second-order valence-corrected chi connectivity index (χ2v) is 5.12. The maximum Gasteiger partial charge on any atom is 0.434 e. The molecule has 2 aromatic rings. The van der Waals surface area contributed by atoms with Gasteiger partial charge in [-0.2, -0.15) is 18.3 Å². The number of hydrogen-bond acceptors (Lipinski definition) is 3. The van der Waals surface area contributed by atoms with E-state index in [2.05, 4.69) is 10.4 Å². The molecule has 0 spiro atoms. The lowest BCUT2D eigenvalue weighted by Crippen LogP contribution is -2.34. The van der Waals surface area contributed by atoms with Gasteiger partial charge in [0.1, 0.15) is 5.82 Å². The van der Waals surface area contributed by atoms with E-state index in [1.54, 1.807) is 7.05 Å². The molecule has 0 atom stereocenters. The first kappa shape index (κ1) is 20.9. The molecule has 0 bridgehead atoms. The first-order valence-corrected chi connectivity index (χ1v) is 7.07. The summed E-state index contributed by atoms with van der Waals surface area (Å²) in [7, 11) is 3.08. The van der Waals surface area contributed by atoms with Crippen molar-refractivity contribution in [1.82, 2.24) is 20.0 Å². The van der Waals surface area contributed by atoms with Crippen LogP contribution in [0.3, 0.4) is 0 Å². The minimum absolute atomic E-state index is 0. The van der Waals surface area contributed by atoms with Crippen LogP contribution in [0.15, 0.2) is 30.5 Å². The fraction of sp³-hybridized carbons (Fsp3) is 0.333. The van der Waals surface area contributed by atoms with Gasteiger partial charge >= 0.3 is 6.18 Å². The van der Waals surface area contributed by atoms with E-state index in [4.69, 9.17) is 0 Å². The predicted molar refractivity (Wildman–Crippen MR) is 86.7 cm³/mol. The summed E-state index contributed by atoms with van der Waals surface area (Å²) in [6.07, 6.45) is -3.91. The largest absolute Gasteiger partial charge is 0.434 e. The highest BCUT2D eigenvalue weighted by Crippen LogP contribution is 2.34. The van der Waals surface area contributed by atoms with Crippen LogP contribution < -0.4 is 5.32 Å². The molecule has 5 nitrogen and oxygen atoms in total. The van der Waals surface area contributed by atoms with Gasteiger partial charge in [-0.25, -0.2) is 9.07 Å². The summed E-state index contributed by atoms with van der Waals surface area (Å²) in [6, 6.07) is 4.38. The van der Waals surface area contributed by atoms with E-state index >= 15 is 0 Å². The molecule has 1 aromatic carbocycles. The second kappa shape index (κ2) is 8.30. The van der Waals surface area contributed by atoms with Crippen LogP contribution in [-0.2, 0) is 6.18 Å². The van der Waals surface area contributed by atoms with Gasteiger partial charge in [0, 0.05) is 20.1 Å². The zero-order chi connectivity index (χ0) is 17.9. The van der Waals surface area contributed by atoms with Crippen molar-refractivity contribution >= 4 is 18.3 Å². The highest BCUT2D eigenvalue weighted by molar-refractivity contribution is 5.95. The molecule has 138 valence electrons. The smallest absolute Gasteiger partial charge is 0.340 e. The number of aromatic nitrogens is 2. The van der Waals surface area contributed by atoms with Crippen molar-refractivity contribution in [2.45, 2.75) is 6.18 Å². The number of alkyl halides is 3. The minimum Gasteiger partial charge on any atom is -0.340 e. The second-order valence-electron chi connectivity index (χ2n) is 5.12. The summed E-state index contributed by atoms with van der Waals surface area (Å²) in [5, 5.41) is 6.49. The van der Waals surface area contributed by atoms with Crippen molar-refractivity contribution in [1.29, 1.82) is 0 Å². The van der Waals surface area contributed by atoms with E-state index in [-0.39, 0.29) is 24.6 Å². The molecule has 0 saturated carbocycles. The Morgan fingerprint density at radius 3 is 2.40 bits per heavy atom. The van der Waals surface area contributed by atoms with E-state index in [1.165, 1.54) is 11.9 Å². The summed E-state index contributed by atoms with van der Waals surface area (Å²) in [5.41, 5.74) is -1.72. The number of carbonyl (C=O) groups is 1. The number of carbonyl (C=O) groups excluding carboxylic acids is 1. The number of hydrogen-bond donors (Lipinski definition) is 1. The third-order valence-electron chi connectivity index (χ3n) is 3.38. The van der Waals surface area contributed by atoms with Gasteiger partial charge in [0.2, 0.25) is 0 Å². The zero-order valence-corrected chi connectivity index (χ0v) is 14.3. The average Bonchev–Trinajstić information content (AvgIpc) is 2.97. The SMILES string of the molecule is CNCCN(C)C(=O)c1cnn(-c2ccc(F)cc2)c1C(F)(F)F.Cl. The zero-order valence-electron chi connectivity index (χ0n) is 13.5. The van der Waals surface area contributed by atoms with Crippen LogP contribution in [0.2, 0.25) is 0 Å². The Kier molecular flexibility index (Phi) is 6.95. The number of nitrogens with zero attached hydrogens (tertiary/aromatic N) is 3. The molecule has 0 saturated heterocycles. The highest BCUT2D eigenvalue weighted by Gasteiger charge is 2.41. The first-order valence-electron chi connectivity index (χ1n) is 7.07. The Balaban J connectivity index is 0.00000312. The molecule has 1 aromatic heterocycles. The number of rotatable bonds is 5. The van der Waals surface area contributed by atoms with Gasteiger partial charge in [-0.1, -0.05) is 0 Å². The van der Waals surface area contributed by atoms with E-state index in [0.717, 1.165) is 30.5 Å². The Hall–Kier alpha value is -2.13. The lowest BCUT2D eigenvalue weighted by atomic mass is 10.2. The first-order chi connectivity index (χ1) is 11.3. The van der Waals surface area contributed by atoms with Crippen molar-refractivity contribution in [2.24, 2.45) is 0 Å². The quantitative estimate of drug-likeness (QED) is 0.811. The summed E-state index contributed by atoms with van der Waals surface area (Å²) >= 11 is 0. The molecule has 0 aliphatic heterocycles. The number of nitrogens with one attached hydrogen (secondary N) is 1. The van der Waals surface area contributed by atoms with Crippen molar-refractivity contribution in [3.8, 4) is 5.69 Å². The van der Waals surface area contributed by atoms with E-state index in [9.17, 15) is 22.4 Å². The number of likely N-dealkylation sites (N-methyl/N-ethyl adjacent to an activating group) is 2. The van der Waals surface area contributed by atoms with Gasteiger partial charge in [-0.3, -0.25) is 4.79 Å². The summed E-state index contributed by atoms with van der Waals surface area (Å²) in [6.45, 7) is 0.685. The van der Waals surface area contributed by atoms with Gasteiger partial charge < -0.3 is 10.2 Å². The molecular formula is C15H17ClF4N4O. The van der Waals surface area contributed by atoms with E-state index in [1.807, 2.05) is 0 Å². The van der Waals surface area contributed by atoms with Crippen LogP contribution in [0.1, 0.15) is 16.1 Å². The van der Waals surface area contributed by atoms with Gasteiger partial charge in [0.05, 0.1) is 17.4 Å². The summed E-state index contributed by atoms with van der Waals surface area (Å²) < 4.78 is 54.0. The fourth-order valence-electron chi connectivity index (χ4n) is 2.14. The van der Waals surface area contributed by atoms with E-state index < -0.39 is 29.2 Å². The van der Waals surface area contributed by atoms with Gasteiger partial charge in [-0.05, 0) is 31.3 Å². The Labute approximate surface area is 148 Å².